The van der Waals surface area contributed by atoms with E-state index in [1.807, 2.05) is 24.3 Å². The smallest absolute Gasteiger partial charge is 0.309 e. The number of ether oxygens (including phenoxy) is 2. The molecule has 0 atom stereocenters. The molecule has 3 aromatic rings. The molecule has 0 fully saturated rings. The van der Waals surface area contributed by atoms with Crippen LogP contribution in [-0.4, -0.2) is 31.4 Å². The molecule has 0 saturated carbocycles. The van der Waals surface area contributed by atoms with Crippen LogP contribution in [0.3, 0.4) is 0 Å². The van der Waals surface area contributed by atoms with Gasteiger partial charge in [0.2, 0.25) is 0 Å². The molecular weight excluding hydrogens is 416 g/mol. The van der Waals surface area contributed by atoms with Gasteiger partial charge in [-0.05, 0) is 54.1 Å². The minimum Gasteiger partial charge on any atom is -0.483 e. The summed E-state index contributed by atoms with van der Waals surface area (Å²) in [5, 5.41) is 0.544. The average Bonchev–Trinajstić information content (AvgIpc) is 2.80. The Hall–Kier alpha value is -3.64. The number of hydrogen-bond acceptors (Lipinski definition) is 5. The highest BCUT2D eigenvalue weighted by Crippen LogP contribution is 2.32. The maximum Gasteiger partial charge on any atom is 0.309 e. The SMILES string of the molecule is COC(=O)Cc1ccc(N(C(=O)c2ccc(Cl)cc2)C2=Nc3ccccc3OC2)cc1. The first-order valence-corrected chi connectivity index (χ1v) is 9.98. The van der Waals surface area contributed by atoms with Crippen LogP contribution in [0.25, 0.3) is 0 Å². The number of nitrogens with zero attached hydrogens (tertiary/aromatic N) is 2. The van der Waals surface area contributed by atoms with Gasteiger partial charge in [-0.15, -0.1) is 0 Å². The average molecular weight is 435 g/mol. The summed E-state index contributed by atoms with van der Waals surface area (Å²) >= 11 is 5.98. The van der Waals surface area contributed by atoms with Crippen LogP contribution in [0.4, 0.5) is 11.4 Å². The number of amides is 1. The summed E-state index contributed by atoms with van der Waals surface area (Å²) < 4.78 is 10.5. The molecule has 6 nitrogen and oxygen atoms in total. The number of para-hydroxylation sites is 2. The minimum atomic E-state index is -0.330. The van der Waals surface area contributed by atoms with E-state index in [0.717, 1.165) is 5.56 Å². The Balaban J connectivity index is 1.73. The van der Waals surface area contributed by atoms with Crippen LogP contribution in [0.2, 0.25) is 5.02 Å². The van der Waals surface area contributed by atoms with Gasteiger partial charge < -0.3 is 9.47 Å². The Morgan fingerprint density at radius 2 is 1.74 bits per heavy atom. The molecule has 1 aliphatic heterocycles. The van der Waals surface area contributed by atoms with Crippen LogP contribution in [0, 0.1) is 0 Å². The van der Waals surface area contributed by atoms with Crippen LogP contribution in [0.15, 0.2) is 77.8 Å². The van der Waals surface area contributed by atoms with Gasteiger partial charge in [-0.1, -0.05) is 35.9 Å². The van der Waals surface area contributed by atoms with Gasteiger partial charge in [-0.25, -0.2) is 4.99 Å². The number of anilines is 1. The number of hydrogen-bond donors (Lipinski definition) is 0. The first-order valence-electron chi connectivity index (χ1n) is 9.60. The predicted octanol–water partition coefficient (Wildman–Crippen LogP) is 4.82. The lowest BCUT2D eigenvalue weighted by Gasteiger charge is -2.27. The first kappa shape index (κ1) is 20.6. The van der Waals surface area contributed by atoms with Crippen molar-refractivity contribution in [3.05, 3.63) is 88.9 Å². The summed E-state index contributed by atoms with van der Waals surface area (Å²) in [4.78, 5) is 31.2. The van der Waals surface area contributed by atoms with Gasteiger partial charge in [0.15, 0.2) is 5.84 Å². The van der Waals surface area contributed by atoms with Gasteiger partial charge in [0.1, 0.15) is 18.0 Å². The van der Waals surface area contributed by atoms with E-state index in [4.69, 9.17) is 21.1 Å². The van der Waals surface area contributed by atoms with E-state index in [0.29, 0.717) is 33.5 Å². The second-order valence-electron chi connectivity index (χ2n) is 6.85. The number of carbonyl (C=O) groups is 2. The van der Waals surface area contributed by atoms with Gasteiger partial charge in [0.25, 0.3) is 5.91 Å². The van der Waals surface area contributed by atoms with Gasteiger partial charge in [-0.2, -0.15) is 0 Å². The van der Waals surface area contributed by atoms with Gasteiger partial charge in [0.05, 0.1) is 19.2 Å². The monoisotopic (exact) mass is 434 g/mol. The summed E-state index contributed by atoms with van der Waals surface area (Å²) in [7, 11) is 1.35. The lowest BCUT2D eigenvalue weighted by Crippen LogP contribution is -2.41. The number of benzene rings is 3. The molecule has 1 amide bonds. The molecule has 3 aromatic carbocycles. The van der Waals surface area contributed by atoms with E-state index in [-0.39, 0.29) is 24.9 Å². The maximum absolute atomic E-state index is 13.4. The number of aliphatic imine (C=N–C) groups is 1. The normalized spacial score (nSPS) is 12.3. The van der Waals surface area contributed by atoms with Crippen molar-refractivity contribution in [2.45, 2.75) is 6.42 Å². The molecule has 0 bridgehead atoms. The van der Waals surface area contributed by atoms with E-state index in [1.54, 1.807) is 48.5 Å². The molecule has 4 rings (SSSR count). The predicted molar refractivity (Wildman–Crippen MR) is 119 cm³/mol. The lowest BCUT2D eigenvalue weighted by molar-refractivity contribution is -0.139. The zero-order valence-electron chi connectivity index (χ0n) is 16.7. The molecule has 0 spiro atoms. The largest absolute Gasteiger partial charge is 0.483 e. The number of fused-ring (bicyclic) bond motifs is 1. The van der Waals surface area contributed by atoms with E-state index in [1.165, 1.54) is 12.0 Å². The quantitative estimate of drug-likeness (QED) is 0.552. The molecule has 0 aliphatic carbocycles. The second kappa shape index (κ2) is 9.02. The first-order chi connectivity index (χ1) is 15.0. The van der Waals surface area contributed by atoms with E-state index in [2.05, 4.69) is 4.99 Å². The van der Waals surface area contributed by atoms with Gasteiger partial charge in [0, 0.05) is 10.6 Å². The molecule has 0 radical (unpaired) electrons. The Morgan fingerprint density at radius 1 is 1.03 bits per heavy atom. The van der Waals surface area contributed by atoms with Crippen molar-refractivity contribution in [1.29, 1.82) is 0 Å². The van der Waals surface area contributed by atoms with E-state index >= 15 is 0 Å². The summed E-state index contributed by atoms with van der Waals surface area (Å²) in [6.07, 6.45) is 0.152. The second-order valence-corrected chi connectivity index (χ2v) is 7.29. The van der Waals surface area contributed by atoms with Crippen molar-refractivity contribution in [3.8, 4) is 5.75 Å². The highest BCUT2D eigenvalue weighted by molar-refractivity contribution is 6.31. The lowest BCUT2D eigenvalue weighted by atomic mass is 10.1. The third-order valence-corrected chi connectivity index (χ3v) is 5.05. The Bertz CT molecular complexity index is 1140. The Labute approximate surface area is 184 Å². The van der Waals surface area contributed by atoms with Gasteiger partial charge >= 0.3 is 5.97 Å². The molecule has 0 N–H and O–H groups in total. The molecular formula is C24H19ClN2O4. The third kappa shape index (κ3) is 4.59. The van der Waals surface area contributed by atoms with Crippen molar-refractivity contribution < 1.29 is 19.1 Å². The van der Waals surface area contributed by atoms with Crippen LogP contribution < -0.4 is 9.64 Å². The minimum absolute atomic E-state index is 0.139. The zero-order chi connectivity index (χ0) is 21.8. The number of methoxy groups -OCH3 is 1. The highest BCUT2D eigenvalue weighted by Gasteiger charge is 2.26. The number of amidine groups is 1. The van der Waals surface area contributed by atoms with Crippen LogP contribution >= 0.6 is 11.6 Å². The fourth-order valence-electron chi connectivity index (χ4n) is 3.21. The summed E-state index contributed by atoms with van der Waals surface area (Å²) in [6, 6.07) is 21.2. The van der Waals surface area contributed by atoms with E-state index in [9.17, 15) is 9.59 Å². The maximum atomic E-state index is 13.4. The number of carbonyl (C=O) groups excluding carboxylic acids is 2. The van der Waals surface area contributed by atoms with Crippen LogP contribution in [-0.2, 0) is 16.0 Å². The van der Waals surface area contributed by atoms with Crippen molar-refractivity contribution >= 4 is 40.7 Å². The zero-order valence-corrected chi connectivity index (χ0v) is 17.5. The summed E-state index contributed by atoms with van der Waals surface area (Å²) in [5.41, 5.74) is 2.50. The number of esters is 1. The summed E-state index contributed by atoms with van der Waals surface area (Å²) in [6.45, 7) is 0.139. The third-order valence-electron chi connectivity index (χ3n) is 4.79. The molecule has 0 saturated heterocycles. The molecule has 7 heteroatoms. The van der Waals surface area contributed by atoms with Crippen molar-refractivity contribution in [1.82, 2.24) is 0 Å². The number of halogens is 1. The Morgan fingerprint density at radius 3 is 2.45 bits per heavy atom. The fourth-order valence-corrected chi connectivity index (χ4v) is 3.33. The highest BCUT2D eigenvalue weighted by atomic mass is 35.5. The van der Waals surface area contributed by atoms with Crippen LogP contribution in [0.1, 0.15) is 15.9 Å². The molecule has 156 valence electrons. The number of rotatable bonds is 4. The van der Waals surface area contributed by atoms with Crippen molar-refractivity contribution in [2.24, 2.45) is 4.99 Å². The van der Waals surface area contributed by atoms with Crippen molar-refractivity contribution in [3.63, 3.8) is 0 Å². The Kier molecular flexibility index (Phi) is 6.00. The standard InChI is InChI=1S/C24H19ClN2O4/c1-30-23(28)14-16-6-12-19(13-7-16)27(24(29)17-8-10-18(25)11-9-17)22-15-31-21-5-3-2-4-20(21)26-22/h2-13H,14-15H2,1H3. The topological polar surface area (TPSA) is 68.2 Å². The van der Waals surface area contributed by atoms with E-state index < -0.39 is 0 Å². The van der Waals surface area contributed by atoms with Gasteiger partial charge in [-0.3, -0.25) is 14.5 Å². The molecule has 1 heterocycles. The molecule has 31 heavy (non-hydrogen) atoms. The van der Waals surface area contributed by atoms with Crippen molar-refractivity contribution in [2.75, 3.05) is 18.6 Å². The fraction of sp³-hybridized carbons (Fsp3) is 0.125. The van der Waals surface area contributed by atoms with Crippen LogP contribution in [0.5, 0.6) is 5.75 Å². The summed E-state index contributed by atoms with van der Waals surface area (Å²) in [5.74, 6) is 0.528. The molecule has 1 aliphatic rings. The molecule has 0 unspecified atom stereocenters. The molecule has 0 aromatic heterocycles.